The molecule has 0 spiro atoms. The van der Waals surface area contributed by atoms with Crippen LogP contribution in [0, 0.1) is 0 Å². The molecule has 0 heterocycles. The summed E-state index contributed by atoms with van der Waals surface area (Å²) in [6.07, 6.45) is 27.6. The fourth-order valence-corrected chi connectivity index (χ4v) is 13.6. The number of carbonyl (C=O) groups excluding carboxylic acids is 2. The Morgan fingerprint density at radius 3 is 0.969 bits per heavy atom. The highest BCUT2D eigenvalue weighted by atomic mass is 16.5. The molecule has 0 aliphatic heterocycles. The quantitative estimate of drug-likeness (QED) is 0.0236. The number of hydrogen-bond donors (Lipinski definition) is 0. The molecule has 10 rings (SSSR count). The molecule has 6 aromatic rings. The molecule has 4 aliphatic carbocycles. The van der Waals surface area contributed by atoms with Gasteiger partial charge in [0, 0.05) is 119 Å². The van der Waals surface area contributed by atoms with Gasteiger partial charge < -0.3 is 39.0 Å². The van der Waals surface area contributed by atoms with Gasteiger partial charge in [-0.15, -0.1) is 0 Å². The van der Waals surface area contributed by atoms with Crippen molar-refractivity contribution >= 4 is 68.3 Å². The van der Waals surface area contributed by atoms with E-state index in [9.17, 15) is 19.8 Å². The zero-order valence-electron chi connectivity index (χ0n) is 57.7. The molecule has 6 aromatic carbocycles. The van der Waals surface area contributed by atoms with E-state index in [0.29, 0.717) is 35.5 Å². The Hall–Kier alpha value is -9.68. The Morgan fingerprint density at radius 2 is 0.677 bits per heavy atom. The number of anilines is 4. The standard InChI is InChI=1S/C84H94N4O8/c1-11-19-57(5)85(69-39-47-73(93-9)48-40-69)65-31-23-61(24-32-65)77-81(89)79(82(77)90)63-27-35-67(36-28-63)87(59(7)21-13-3)71-43-51-75(52-44-71)95-55-17-15-16-18-56-96-76-53-45-72(46-54-76)88(60(8)22-14-4)68-37-29-64(30-38-68)80-83(91)78(84(80)92)62-25-33-66(34-26-62)86(58(6)20-12-2)70-41-49-74(94-10)50-42-70/h23-54,57-60H,11-22,55-56H2,1-10H3. The number of allylic oxidation sites excluding steroid dienone is 14. The second kappa shape index (κ2) is 32.6. The summed E-state index contributed by atoms with van der Waals surface area (Å²) in [5.74, 6) is 2.34. The smallest absolute Gasteiger partial charge is 0.206 e. The van der Waals surface area contributed by atoms with Crippen LogP contribution in [0.5, 0.6) is 23.0 Å². The van der Waals surface area contributed by atoms with Crippen molar-refractivity contribution in [3.05, 3.63) is 239 Å². The van der Waals surface area contributed by atoms with Crippen molar-refractivity contribution in [3.8, 4) is 23.0 Å². The predicted molar refractivity (Wildman–Crippen MR) is 387 cm³/mol. The zero-order chi connectivity index (χ0) is 67.8. The zero-order valence-corrected chi connectivity index (χ0v) is 57.7. The van der Waals surface area contributed by atoms with Gasteiger partial charge in [0.1, 0.15) is 23.0 Å². The van der Waals surface area contributed by atoms with Crippen molar-refractivity contribution in [2.75, 3.05) is 37.2 Å². The molecular formula is C84H94N4O8. The maximum Gasteiger partial charge on any atom is 0.206 e. The summed E-state index contributed by atoms with van der Waals surface area (Å²) in [5, 5.41) is 27.5. The average molecular weight is 1290 g/mol. The predicted octanol–water partition coefficient (Wildman–Crippen LogP) is 17.5. The van der Waals surface area contributed by atoms with Crippen LogP contribution in [0.1, 0.15) is 144 Å². The van der Waals surface area contributed by atoms with E-state index in [1.165, 1.54) is 0 Å². The summed E-state index contributed by atoms with van der Waals surface area (Å²) >= 11 is 0. The third-order valence-electron chi connectivity index (χ3n) is 18.6. The highest BCUT2D eigenvalue weighted by molar-refractivity contribution is 6.40. The second-order valence-corrected chi connectivity index (χ2v) is 25.5. The molecular weight excluding hydrogens is 1190 g/mol. The summed E-state index contributed by atoms with van der Waals surface area (Å²) in [5.41, 5.74) is 11.6. The van der Waals surface area contributed by atoms with Crippen LogP contribution in [0.25, 0.3) is 11.1 Å². The van der Waals surface area contributed by atoms with Crippen molar-refractivity contribution in [2.24, 2.45) is 0 Å². The summed E-state index contributed by atoms with van der Waals surface area (Å²) in [6.45, 7) is 18.9. The van der Waals surface area contributed by atoms with Gasteiger partial charge in [0.2, 0.25) is 22.8 Å². The highest BCUT2D eigenvalue weighted by Gasteiger charge is 2.34. The fraction of sp³-hybridized carbons (Fsp3) is 0.333. The first-order chi connectivity index (χ1) is 46.7. The van der Waals surface area contributed by atoms with Crippen molar-refractivity contribution in [1.29, 1.82) is 0 Å². The average Bonchev–Trinajstić information content (AvgIpc) is 0.751. The number of benzene rings is 6. The van der Waals surface area contributed by atoms with Gasteiger partial charge in [-0.2, -0.15) is 9.15 Å². The van der Waals surface area contributed by atoms with Crippen LogP contribution in [0.3, 0.4) is 0 Å². The summed E-state index contributed by atoms with van der Waals surface area (Å²) in [6, 6.07) is 49.0. The van der Waals surface area contributed by atoms with Crippen LogP contribution < -0.4 is 39.0 Å². The first-order valence-corrected chi connectivity index (χ1v) is 34.7. The minimum atomic E-state index is -0.224. The molecule has 96 heavy (non-hydrogen) atoms. The van der Waals surface area contributed by atoms with E-state index in [1.807, 2.05) is 146 Å². The SMILES string of the molecule is CCCC(C)N(c1ccc(OC)cc1)c1ccc(C2=C([O-])C(=C3C=CC(=[N+](c4ccc(OCCCCCCOc5ccc([N+](=C6C=CC(=C7C(=O)C(c8ccc(N(c9ccc(OC)cc9)C(C)CCC)cc8)=C7[O-])C=C6)C(C)CCC)cc5)cc4)C(C)CCC)C=C3)C2=O)cc1. The Kier molecular flexibility index (Phi) is 23.5. The van der Waals surface area contributed by atoms with E-state index >= 15 is 0 Å². The topological polar surface area (TPSA) is 130 Å². The molecule has 12 heteroatoms. The van der Waals surface area contributed by atoms with E-state index in [4.69, 9.17) is 18.9 Å². The molecule has 0 radical (unpaired) electrons. The van der Waals surface area contributed by atoms with Gasteiger partial charge in [0.25, 0.3) is 0 Å². The lowest BCUT2D eigenvalue weighted by Crippen LogP contribution is -2.31. The minimum Gasteiger partial charge on any atom is -0.871 e. The lowest BCUT2D eigenvalue weighted by atomic mass is 9.80. The first kappa shape index (κ1) is 69.2. The monoisotopic (exact) mass is 1290 g/mol. The summed E-state index contributed by atoms with van der Waals surface area (Å²) in [7, 11) is 3.33. The molecule has 0 aromatic heterocycles. The van der Waals surface area contributed by atoms with E-state index in [1.54, 1.807) is 14.2 Å². The molecule has 0 amide bonds. The van der Waals surface area contributed by atoms with Crippen molar-refractivity contribution in [3.63, 3.8) is 0 Å². The molecule has 0 fully saturated rings. The van der Waals surface area contributed by atoms with Crippen LogP contribution in [0.4, 0.5) is 34.1 Å². The number of hydrogen-bond acceptors (Lipinski definition) is 10. The molecule has 0 saturated heterocycles. The van der Waals surface area contributed by atoms with Crippen LogP contribution >= 0.6 is 0 Å². The molecule has 0 N–H and O–H groups in total. The van der Waals surface area contributed by atoms with E-state index < -0.39 is 0 Å². The number of nitrogens with zero attached hydrogens (tertiary/aromatic N) is 4. The van der Waals surface area contributed by atoms with Crippen molar-refractivity contribution < 1.29 is 47.9 Å². The molecule has 4 atom stereocenters. The van der Waals surface area contributed by atoms with Gasteiger partial charge in [0.05, 0.1) is 27.4 Å². The Bertz CT molecular complexity index is 3750. The van der Waals surface area contributed by atoms with Gasteiger partial charge >= 0.3 is 0 Å². The Balaban J connectivity index is 0.697. The van der Waals surface area contributed by atoms with Gasteiger partial charge in [-0.3, -0.25) is 9.59 Å². The number of carbonyl (C=O) groups is 2. The van der Waals surface area contributed by atoms with Gasteiger partial charge in [0.15, 0.2) is 23.7 Å². The van der Waals surface area contributed by atoms with E-state index in [2.05, 4.69) is 123 Å². The number of Topliss-reactive ketones (excluding diaryl/α,β-unsaturated/α-hetero) is 2. The van der Waals surface area contributed by atoms with Crippen LogP contribution in [-0.2, 0) is 9.59 Å². The minimum absolute atomic E-state index is 0.196. The largest absolute Gasteiger partial charge is 0.871 e. The second-order valence-electron chi connectivity index (χ2n) is 25.5. The third-order valence-corrected chi connectivity index (χ3v) is 18.6. The molecule has 498 valence electrons. The van der Waals surface area contributed by atoms with E-state index in [-0.39, 0.29) is 69.5 Å². The van der Waals surface area contributed by atoms with Crippen molar-refractivity contribution in [2.45, 2.75) is 157 Å². The molecule has 4 aliphatic rings. The maximum absolute atomic E-state index is 13.8. The summed E-state index contributed by atoms with van der Waals surface area (Å²) < 4.78 is 27.9. The number of ether oxygens (including phenoxy) is 4. The lowest BCUT2D eigenvalue weighted by Gasteiger charge is -2.34. The van der Waals surface area contributed by atoms with Crippen LogP contribution in [-0.4, -0.2) is 83.7 Å². The van der Waals surface area contributed by atoms with Gasteiger partial charge in [-0.05, 0) is 223 Å². The van der Waals surface area contributed by atoms with Crippen molar-refractivity contribution in [1.82, 2.24) is 0 Å². The van der Waals surface area contributed by atoms with Gasteiger partial charge in [-0.25, -0.2) is 0 Å². The molecule has 0 bridgehead atoms. The fourth-order valence-electron chi connectivity index (χ4n) is 13.6. The van der Waals surface area contributed by atoms with Gasteiger partial charge in [-0.1, -0.05) is 76.3 Å². The molecule has 4 unspecified atom stereocenters. The number of ketones is 2. The highest BCUT2D eigenvalue weighted by Crippen LogP contribution is 2.42. The maximum atomic E-state index is 13.8. The molecule has 12 nitrogen and oxygen atoms in total. The normalized spacial score (nSPS) is 15.6. The number of unbranched alkanes of at least 4 members (excludes halogenated alkanes) is 3. The third kappa shape index (κ3) is 15.7. The Morgan fingerprint density at radius 1 is 0.375 bits per heavy atom. The van der Waals surface area contributed by atoms with Crippen LogP contribution in [0.2, 0.25) is 0 Å². The van der Waals surface area contributed by atoms with Crippen LogP contribution in [0.15, 0.2) is 228 Å². The summed E-state index contributed by atoms with van der Waals surface area (Å²) in [4.78, 5) is 32.1. The Labute approximate surface area is 569 Å². The lowest BCUT2D eigenvalue weighted by molar-refractivity contribution is -0.480. The number of methoxy groups -OCH3 is 2. The first-order valence-electron chi connectivity index (χ1n) is 34.7. The molecule has 0 saturated carbocycles. The number of rotatable bonds is 31. The van der Waals surface area contributed by atoms with E-state index in [0.717, 1.165) is 146 Å².